The van der Waals surface area contributed by atoms with E-state index in [1.807, 2.05) is 5.38 Å². The van der Waals surface area contributed by atoms with Crippen LogP contribution in [0.25, 0.3) is 0 Å². The Morgan fingerprint density at radius 3 is 2.87 bits per heavy atom. The summed E-state index contributed by atoms with van der Waals surface area (Å²) in [6, 6.07) is 2.08. The zero-order valence-electron chi connectivity index (χ0n) is 8.36. The highest BCUT2D eigenvalue weighted by Crippen LogP contribution is 2.31. The summed E-state index contributed by atoms with van der Waals surface area (Å²) in [7, 11) is 0. The summed E-state index contributed by atoms with van der Waals surface area (Å²) < 4.78 is 0. The topological polar surface area (TPSA) is 55.1 Å². The minimum Gasteiger partial charge on any atom is -0.354 e. The van der Waals surface area contributed by atoms with E-state index in [4.69, 9.17) is 5.73 Å². The van der Waals surface area contributed by atoms with Crippen molar-refractivity contribution in [1.82, 2.24) is 5.32 Å². The molecule has 2 rings (SSSR count). The Hall–Kier alpha value is -0.580. The fourth-order valence-corrected chi connectivity index (χ4v) is 2.00. The number of carbonyl (C=O) groups is 1. The smallest absolute Gasteiger partial charge is 0.240 e. The van der Waals surface area contributed by atoms with E-state index < -0.39 is 5.54 Å². The quantitative estimate of drug-likeness (QED) is 0.842. The first-order valence-electron chi connectivity index (χ1n) is 4.79. The van der Waals surface area contributed by atoms with E-state index in [1.54, 1.807) is 11.3 Å². The van der Waals surface area contributed by atoms with E-state index in [2.05, 4.69) is 16.8 Å². The SMILES string of the molecule is Cl.NC1(C(=O)NCCc2ccsc2)CC1. The molecule has 1 aromatic rings. The van der Waals surface area contributed by atoms with Gasteiger partial charge < -0.3 is 11.1 Å². The lowest BCUT2D eigenvalue weighted by Gasteiger charge is -2.08. The zero-order chi connectivity index (χ0) is 10.0. The molecule has 1 aliphatic rings. The maximum Gasteiger partial charge on any atom is 0.240 e. The van der Waals surface area contributed by atoms with Crippen LogP contribution < -0.4 is 11.1 Å². The summed E-state index contributed by atoms with van der Waals surface area (Å²) in [6.07, 6.45) is 2.56. The first-order chi connectivity index (χ1) is 6.71. The molecule has 1 aliphatic carbocycles. The number of hydrogen-bond donors (Lipinski definition) is 2. The maximum absolute atomic E-state index is 11.4. The molecule has 0 bridgehead atoms. The Labute approximate surface area is 99.5 Å². The average Bonchev–Trinajstić information content (AvgIpc) is 2.73. The molecule has 1 heterocycles. The van der Waals surface area contributed by atoms with Crippen LogP contribution in [0.2, 0.25) is 0 Å². The number of hydrogen-bond acceptors (Lipinski definition) is 3. The van der Waals surface area contributed by atoms with Gasteiger partial charge in [0.1, 0.15) is 0 Å². The van der Waals surface area contributed by atoms with Crippen LogP contribution in [0.5, 0.6) is 0 Å². The Balaban J connectivity index is 0.00000112. The van der Waals surface area contributed by atoms with Crippen molar-refractivity contribution in [2.45, 2.75) is 24.8 Å². The summed E-state index contributed by atoms with van der Waals surface area (Å²) in [4.78, 5) is 11.4. The Kier molecular flexibility index (Phi) is 4.13. The van der Waals surface area contributed by atoms with Crippen molar-refractivity contribution in [3.63, 3.8) is 0 Å². The number of carbonyl (C=O) groups excluding carboxylic acids is 1. The lowest BCUT2D eigenvalue weighted by atomic mass is 10.2. The van der Waals surface area contributed by atoms with Crippen molar-refractivity contribution in [3.05, 3.63) is 22.4 Å². The highest BCUT2D eigenvalue weighted by Gasteiger charge is 2.45. The molecule has 0 saturated heterocycles. The van der Waals surface area contributed by atoms with Crippen LogP contribution >= 0.6 is 23.7 Å². The normalized spacial score (nSPS) is 16.6. The van der Waals surface area contributed by atoms with Gasteiger partial charge in [0, 0.05) is 6.54 Å². The summed E-state index contributed by atoms with van der Waals surface area (Å²) in [6.45, 7) is 0.689. The summed E-state index contributed by atoms with van der Waals surface area (Å²) in [5.41, 5.74) is 6.48. The Morgan fingerprint density at radius 2 is 2.33 bits per heavy atom. The van der Waals surface area contributed by atoms with Gasteiger partial charge in [-0.3, -0.25) is 4.79 Å². The van der Waals surface area contributed by atoms with Gasteiger partial charge in [-0.15, -0.1) is 12.4 Å². The van der Waals surface area contributed by atoms with Gasteiger partial charge in [0.05, 0.1) is 5.54 Å². The van der Waals surface area contributed by atoms with Gasteiger partial charge in [-0.25, -0.2) is 0 Å². The molecule has 0 spiro atoms. The van der Waals surface area contributed by atoms with Crippen LogP contribution in [-0.2, 0) is 11.2 Å². The third-order valence-corrected chi connectivity index (χ3v) is 3.25. The van der Waals surface area contributed by atoms with Crippen LogP contribution in [0, 0.1) is 0 Å². The molecule has 5 heteroatoms. The van der Waals surface area contributed by atoms with Crippen LogP contribution in [0.15, 0.2) is 16.8 Å². The van der Waals surface area contributed by atoms with Gasteiger partial charge in [-0.1, -0.05) is 0 Å². The second kappa shape index (κ2) is 4.96. The molecular weight excluding hydrogens is 232 g/mol. The standard InChI is InChI=1S/C10H14N2OS.ClH/c11-10(3-4-10)9(13)12-5-1-8-2-6-14-7-8;/h2,6-7H,1,3-5,11H2,(H,12,13);1H. The van der Waals surface area contributed by atoms with Gasteiger partial charge in [0.15, 0.2) is 0 Å². The molecule has 3 N–H and O–H groups in total. The summed E-state index contributed by atoms with van der Waals surface area (Å²) in [5, 5.41) is 7.01. The molecule has 0 aliphatic heterocycles. The van der Waals surface area contributed by atoms with Gasteiger partial charge >= 0.3 is 0 Å². The van der Waals surface area contributed by atoms with E-state index >= 15 is 0 Å². The van der Waals surface area contributed by atoms with E-state index in [0.717, 1.165) is 19.3 Å². The largest absolute Gasteiger partial charge is 0.354 e. The molecule has 1 saturated carbocycles. The Bertz CT molecular complexity index is 322. The monoisotopic (exact) mass is 246 g/mol. The molecule has 84 valence electrons. The van der Waals surface area contributed by atoms with E-state index in [-0.39, 0.29) is 18.3 Å². The second-order valence-corrected chi connectivity index (χ2v) is 4.57. The number of thiophene rings is 1. The number of rotatable bonds is 4. The minimum absolute atomic E-state index is 0. The lowest BCUT2D eigenvalue weighted by Crippen LogP contribution is -2.43. The molecule has 15 heavy (non-hydrogen) atoms. The molecule has 3 nitrogen and oxygen atoms in total. The number of nitrogens with two attached hydrogens (primary N) is 1. The van der Waals surface area contributed by atoms with E-state index in [1.165, 1.54) is 5.56 Å². The predicted octanol–water partition coefficient (Wildman–Crippen LogP) is 1.32. The van der Waals surface area contributed by atoms with Crippen LogP contribution in [0.4, 0.5) is 0 Å². The fraction of sp³-hybridized carbons (Fsp3) is 0.500. The van der Waals surface area contributed by atoms with Gasteiger partial charge in [0.25, 0.3) is 0 Å². The highest BCUT2D eigenvalue weighted by molar-refractivity contribution is 7.07. The maximum atomic E-state index is 11.4. The third kappa shape index (κ3) is 3.19. The van der Waals surface area contributed by atoms with Crippen molar-refractivity contribution in [2.24, 2.45) is 5.73 Å². The summed E-state index contributed by atoms with van der Waals surface area (Å²) >= 11 is 1.68. The van der Waals surface area contributed by atoms with Gasteiger partial charge in [0.2, 0.25) is 5.91 Å². The van der Waals surface area contributed by atoms with Crippen LogP contribution in [0.3, 0.4) is 0 Å². The van der Waals surface area contributed by atoms with E-state index in [9.17, 15) is 4.79 Å². The predicted molar refractivity (Wildman–Crippen MR) is 64.4 cm³/mol. The minimum atomic E-state index is -0.533. The molecule has 1 aromatic heterocycles. The molecule has 1 fully saturated rings. The number of nitrogens with one attached hydrogen (secondary N) is 1. The van der Waals surface area contributed by atoms with Gasteiger partial charge in [-0.2, -0.15) is 11.3 Å². The molecule has 0 atom stereocenters. The van der Waals surface area contributed by atoms with Crippen molar-refractivity contribution in [1.29, 1.82) is 0 Å². The molecule has 1 amide bonds. The molecule has 0 unspecified atom stereocenters. The number of halogens is 1. The molecule has 0 radical (unpaired) electrons. The first kappa shape index (κ1) is 12.5. The average molecular weight is 247 g/mol. The Morgan fingerprint density at radius 1 is 1.60 bits per heavy atom. The fourth-order valence-electron chi connectivity index (χ4n) is 1.29. The number of amides is 1. The van der Waals surface area contributed by atoms with Gasteiger partial charge in [-0.05, 0) is 41.7 Å². The molecular formula is C10H15ClN2OS. The second-order valence-electron chi connectivity index (χ2n) is 3.79. The first-order valence-corrected chi connectivity index (χ1v) is 5.73. The van der Waals surface area contributed by atoms with Crippen molar-refractivity contribution < 1.29 is 4.79 Å². The van der Waals surface area contributed by atoms with Crippen molar-refractivity contribution in [2.75, 3.05) is 6.54 Å². The van der Waals surface area contributed by atoms with Crippen molar-refractivity contribution >= 4 is 29.7 Å². The zero-order valence-corrected chi connectivity index (χ0v) is 10.00. The third-order valence-electron chi connectivity index (χ3n) is 2.52. The van der Waals surface area contributed by atoms with Crippen molar-refractivity contribution in [3.8, 4) is 0 Å². The van der Waals surface area contributed by atoms with Crippen LogP contribution in [0.1, 0.15) is 18.4 Å². The molecule has 0 aromatic carbocycles. The lowest BCUT2D eigenvalue weighted by molar-refractivity contribution is -0.123. The highest BCUT2D eigenvalue weighted by atomic mass is 35.5. The van der Waals surface area contributed by atoms with Crippen LogP contribution in [-0.4, -0.2) is 18.0 Å². The van der Waals surface area contributed by atoms with E-state index in [0.29, 0.717) is 6.54 Å². The summed E-state index contributed by atoms with van der Waals surface area (Å²) in [5.74, 6) is 0.00716.